The molecular weight excluding hydrogens is 522 g/mol. The maximum Gasteiger partial charge on any atom is 0.411 e. The second-order valence-electron chi connectivity index (χ2n) is 10.0. The van der Waals surface area contributed by atoms with E-state index >= 15 is 0 Å². The Kier molecular flexibility index (Phi) is 8.74. The fourth-order valence-corrected chi connectivity index (χ4v) is 5.01. The minimum atomic E-state index is -0.626. The number of aromatic nitrogens is 1. The number of anilines is 1. The molecule has 0 saturated carbocycles. The summed E-state index contributed by atoms with van der Waals surface area (Å²) in [5.41, 5.74) is 2.58. The molecule has 5 rings (SSSR count). The summed E-state index contributed by atoms with van der Waals surface area (Å²) >= 11 is 0. The van der Waals surface area contributed by atoms with Crippen molar-refractivity contribution in [2.45, 2.75) is 26.4 Å². The number of aryl methyl sites for hydroxylation is 1. The summed E-state index contributed by atoms with van der Waals surface area (Å²) in [5.74, 6) is 1.88. The molecule has 3 aromatic carbocycles. The van der Waals surface area contributed by atoms with E-state index in [9.17, 15) is 9.59 Å². The van der Waals surface area contributed by atoms with Gasteiger partial charge in [-0.1, -0.05) is 12.1 Å². The molecule has 0 unspecified atom stereocenters. The third kappa shape index (κ3) is 6.63. The van der Waals surface area contributed by atoms with Gasteiger partial charge in [0, 0.05) is 30.1 Å². The monoisotopic (exact) mass is 557 g/mol. The topological polar surface area (TPSA) is 91.3 Å². The van der Waals surface area contributed by atoms with E-state index in [0.717, 1.165) is 30.6 Å². The summed E-state index contributed by atoms with van der Waals surface area (Å²) in [6, 6.07) is 18.2. The lowest BCUT2D eigenvalue weighted by molar-refractivity contribution is 0.154. The Hall–Kier alpha value is -4.50. The van der Waals surface area contributed by atoms with E-state index in [1.807, 2.05) is 31.2 Å². The van der Waals surface area contributed by atoms with E-state index in [1.165, 1.54) is 12.8 Å². The first-order valence-electron chi connectivity index (χ1n) is 13.7. The van der Waals surface area contributed by atoms with Crippen LogP contribution in [0.3, 0.4) is 0 Å². The van der Waals surface area contributed by atoms with Crippen molar-refractivity contribution in [2.24, 2.45) is 0 Å². The Morgan fingerprint density at radius 3 is 2.51 bits per heavy atom. The molecule has 1 saturated heterocycles. The fourth-order valence-electron chi connectivity index (χ4n) is 5.01. The van der Waals surface area contributed by atoms with Gasteiger partial charge >= 0.3 is 6.09 Å². The molecule has 0 radical (unpaired) electrons. The third-order valence-corrected chi connectivity index (χ3v) is 7.32. The van der Waals surface area contributed by atoms with E-state index in [1.54, 1.807) is 61.4 Å². The van der Waals surface area contributed by atoms with Crippen LogP contribution in [0, 0.1) is 6.92 Å². The zero-order valence-corrected chi connectivity index (χ0v) is 23.6. The standard InChI is InChI=1S/C32H35N3O6/c1-22-6-9-25(33-32(37)41-21-24-8-10-26(38-2)20-30(24)39-3)18-29(22)35-15-12-23-7-11-27(19-28(23)31(35)36)40-17-16-34-13-4-5-14-34/h6-12,15,18-20H,4-5,13-14,16-17,21H2,1-3H3,(H,33,37). The van der Waals surface area contributed by atoms with Gasteiger partial charge in [0.05, 0.1) is 25.3 Å². The second kappa shape index (κ2) is 12.8. The third-order valence-electron chi connectivity index (χ3n) is 7.32. The number of rotatable bonds is 10. The van der Waals surface area contributed by atoms with Crippen LogP contribution in [0.5, 0.6) is 17.2 Å². The van der Waals surface area contributed by atoms with Gasteiger partial charge in [0.1, 0.15) is 30.5 Å². The molecule has 214 valence electrons. The van der Waals surface area contributed by atoms with Crippen molar-refractivity contribution in [3.8, 4) is 22.9 Å². The number of likely N-dealkylation sites (tertiary alicyclic amines) is 1. The Morgan fingerprint density at radius 1 is 0.927 bits per heavy atom. The second-order valence-corrected chi connectivity index (χ2v) is 10.0. The first kappa shape index (κ1) is 28.0. The molecule has 0 spiro atoms. The molecule has 9 heteroatoms. The summed E-state index contributed by atoms with van der Waals surface area (Å²) in [7, 11) is 3.12. The molecule has 1 fully saturated rings. The number of benzene rings is 3. The highest BCUT2D eigenvalue weighted by atomic mass is 16.5. The number of carbonyl (C=O) groups excluding carboxylic acids is 1. The Morgan fingerprint density at radius 2 is 1.73 bits per heavy atom. The van der Waals surface area contributed by atoms with Crippen molar-refractivity contribution in [3.63, 3.8) is 0 Å². The van der Waals surface area contributed by atoms with Crippen molar-refractivity contribution >= 4 is 22.6 Å². The number of carbonyl (C=O) groups is 1. The molecule has 1 N–H and O–H groups in total. The maximum atomic E-state index is 13.6. The number of fused-ring (bicyclic) bond motifs is 1. The predicted octanol–water partition coefficient (Wildman–Crippen LogP) is 5.54. The van der Waals surface area contributed by atoms with Gasteiger partial charge in [-0.05, 0) is 86.3 Å². The van der Waals surface area contributed by atoms with E-state index in [2.05, 4.69) is 10.2 Å². The van der Waals surface area contributed by atoms with Crippen LogP contribution in [0.2, 0.25) is 0 Å². The maximum absolute atomic E-state index is 13.6. The van der Waals surface area contributed by atoms with Gasteiger partial charge in [0.25, 0.3) is 5.56 Å². The first-order chi connectivity index (χ1) is 19.9. The van der Waals surface area contributed by atoms with Crippen molar-refractivity contribution < 1.29 is 23.7 Å². The van der Waals surface area contributed by atoms with Gasteiger partial charge in [0.2, 0.25) is 0 Å². The zero-order chi connectivity index (χ0) is 28.8. The number of ether oxygens (including phenoxy) is 4. The van der Waals surface area contributed by atoms with Gasteiger partial charge in [-0.2, -0.15) is 0 Å². The Bertz CT molecular complexity index is 1590. The van der Waals surface area contributed by atoms with Crippen molar-refractivity contribution in [1.82, 2.24) is 9.47 Å². The van der Waals surface area contributed by atoms with E-state index in [-0.39, 0.29) is 12.2 Å². The average molecular weight is 558 g/mol. The van der Waals surface area contributed by atoms with Crippen LogP contribution in [0.4, 0.5) is 10.5 Å². The van der Waals surface area contributed by atoms with Crippen molar-refractivity contribution in [1.29, 1.82) is 0 Å². The lowest BCUT2D eigenvalue weighted by Gasteiger charge is -2.16. The van der Waals surface area contributed by atoms with Crippen LogP contribution in [-0.4, -0.2) is 56.0 Å². The minimum absolute atomic E-state index is 0.0181. The summed E-state index contributed by atoms with van der Waals surface area (Å²) in [4.78, 5) is 28.6. The van der Waals surface area contributed by atoms with Crippen molar-refractivity contribution in [2.75, 3.05) is 45.8 Å². The minimum Gasteiger partial charge on any atom is -0.497 e. The molecule has 0 aliphatic carbocycles. The van der Waals surface area contributed by atoms with Crippen LogP contribution in [0.15, 0.2) is 71.7 Å². The molecule has 2 heterocycles. The van der Waals surface area contributed by atoms with E-state index < -0.39 is 6.09 Å². The number of nitrogens with zero attached hydrogens (tertiary/aromatic N) is 2. The largest absolute Gasteiger partial charge is 0.497 e. The van der Waals surface area contributed by atoms with Gasteiger partial charge in [-0.25, -0.2) is 4.79 Å². The van der Waals surface area contributed by atoms with Crippen LogP contribution in [-0.2, 0) is 11.3 Å². The Balaban J connectivity index is 1.30. The number of hydrogen-bond donors (Lipinski definition) is 1. The SMILES string of the molecule is COc1ccc(COC(=O)Nc2ccc(C)c(-n3ccc4ccc(OCCN5CCCC5)cc4c3=O)c2)c(OC)c1. The van der Waals surface area contributed by atoms with Crippen LogP contribution < -0.4 is 25.1 Å². The van der Waals surface area contributed by atoms with Crippen LogP contribution in [0.25, 0.3) is 16.5 Å². The van der Waals surface area contributed by atoms with E-state index in [0.29, 0.717) is 46.2 Å². The molecule has 41 heavy (non-hydrogen) atoms. The zero-order valence-electron chi connectivity index (χ0n) is 23.6. The quantitative estimate of drug-likeness (QED) is 0.274. The normalized spacial score (nSPS) is 13.2. The lowest BCUT2D eigenvalue weighted by atomic mass is 10.1. The Labute approximate surface area is 239 Å². The van der Waals surface area contributed by atoms with Gasteiger partial charge in [0.15, 0.2) is 0 Å². The van der Waals surface area contributed by atoms with Gasteiger partial charge in [-0.15, -0.1) is 0 Å². The lowest BCUT2D eigenvalue weighted by Crippen LogP contribution is -2.25. The number of methoxy groups -OCH3 is 2. The molecule has 1 aromatic heterocycles. The molecule has 1 aliphatic rings. The van der Waals surface area contributed by atoms with Crippen LogP contribution >= 0.6 is 0 Å². The van der Waals surface area contributed by atoms with Crippen molar-refractivity contribution in [3.05, 3.63) is 88.3 Å². The van der Waals surface area contributed by atoms with E-state index in [4.69, 9.17) is 18.9 Å². The van der Waals surface area contributed by atoms with Gasteiger partial charge < -0.3 is 18.9 Å². The molecule has 9 nitrogen and oxygen atoms in total. The average Bonchev–Trinajstić information content (AvgIpc) is 3.51. The number of hydrogen-bond acceptors (Lipinski definition) is 7. The highest BCUT2D eigenvalue weighted by Gasteiger charge is 2.14. The fraction of sp³-hybridized carbons (Fsp3) is 0.312. The summed E-state index contributed by atoms with van der Waals surface area (Å²) in [6.45, 7) is 5.64. The molecule has 4 aromatic rings. The molecule has 0 atom stereocenters. The first-order valence-corrected chi connectivity index (χ1v) is 13.7. The number of nitrogens with one attached hydrogen (secondary N) is 1. The molecular formula is C32H35N3O6. The van der Waals surface area contributed by atoms with Gasteiger partial charge in [-0.3, -0.25) is 19.6 Å². The highest BCUT2D eigenvalue weighted by molar-refractivity contribution is 5.86. The summed E-state index contributed by atoms with van der Waals surface area (Å²) in [5, 5.41) is 4.16. The molecule has 1 aliphatic heterocycles. The molecule has 1 amide bonds. The summed E-state index contributed by atoms with van der Waals surface area (Å²) in [6.07, 6.45) is 3.61. The van der Waals surface area contributed by atoms with Crippen LogP contribution in [0.1, 0.15) is 24.0 Å². The number of pyridine rings is 1. The summed E-state index contributed by atoms with van der Waals surface area (Å²) < 4.78 is 23.6. The number of amides is 1. The smallest absolute Gasteiger partial charge is 0.411 e. The molecule has 0 bridgehead atoms. The predicted molar refractivity (Wildman–Crippen MR) is 159 cm³/mol. The highest BCUT2D eigenvalue weighted by Crippen LogP contribution is 2.26.